The molecule has 5 nitrogen and oxygen atoms in total. The minimum absolute atomic E-state index is 0.0711. The predicted molar refractivity (Wildman–Crippen MR) is 90.7 cm³/mol. The number of hydrogen-bond acceptors (Lipinski definition) is 4. The summed E-state index contributed by atoms with van der Waals surface area (Å²) in [5.41, 5.74) is 3.58. The van der Waals surface area contributed by atoms with E-state index in [4.69, 9.17) is 14.2 Å². The van der Waals surface area contributed by atoms with Crippen LogP contribution >= 0.6 is 0 Å². The Kier molecular flexibility index (Phi) is 5.54. The highest BCUT2D eigenvalue weighted by Gasteiger charge is 2.32. The SMILES string of the molecule is Cc1ccc(C)c([C@H]2CN(C(=O)CC3OCCCO3)[C@H](C)CO2)c1. The Balaban J connectivity index is 1.68. The number of hydrogen-bond donors (Lipinski definition) is 0. The van der Waals surface area contributed by atoms with Crippen molar-refractivity contribution in [3.8, 4) is 0 Å². The van der Waals surface area contributed by atoms with E-state index in [1.54, 1.807) is 0 Å². The molecule has 2 fully saturated rings. The summed E-state index contributed by atoms with van der Waals surface area (Å²) in [6, 6.07) is 6.45. The van der Waals surface area contributed by atoms with E-state index in [0.29, 0.717) is 26.4 Å². The van der Waals surface area contributed by atoms with Crippen LogP contribution in [0.2, 0.25) is 0 Å². The summed E-state index contributed by atoms with van der Waals surface area (Å²) in [5.74, 6) is 0.0769. The van der Waals surface area contributed by atoms with Crippen molar-refractivity contribution in [3.05, 3.63) is 34.9 Å². The average molecular weight is 333 g/mol. The smallest absolute Gasteiger partial charge is 0.228 e. The van der Waals surface area contributed by atoms with Gasteiger partial charge in [-0.05, 0) is 38.3 Å². The van der Waals surface area contributed by atoms with Gasteiger partial charge in [0.1, 0.15) is 6.10 Å². The van der Waals surface area contributed by atoms with Gasteiger partial charge in [0.05, 0.1) is 38.8 Å². The Hall–Kier alpha value is -1.43. The summed E-state index contributed by atoms with van der Waals surface area (Å²) in [6.45, 7) is 8.66. The van der Waals surface area contributed by atoms with E-state index < -0.39 is 6.29 Å². The summed E-state index contributed by atoms with van der Waals surface area (Å²) in [4.78, 5) is 14.6. The number of benzene rings is 1. The molecule has 0 aliphatic carbocycles. The minimum atomic E-state index is -0.402. The third kappa shape index (κ3) is 3.97. The lowest BCUT2D eigenvalue weighted by Crippen LogP contribution is -2.49. The van der Waals surface area contributed by atoms with Gasteiger partial charge in [0, 0.05) is 0 Å². The van der Waals surface area contributed by atoms with Gasteiger partial charge in [0.25, 0.3) is 0 Å². The zero-order valence-corrected chi connectivity index (χ0v) is 14.8. The molecule has 2 saturated heterocycles. The second-order valence-electron chi connectivity index (χ2n) is 6.81. The fourth-order valence-corrected chi connectivity index (χ4v) is 3.31. The molecule has 0 saturated carbocycles. The van der Waals surface area contributed by atoms with Gasteiger partial charge in [-0.15, -0.1) is 0 Å². The van der Waals surface area contributed by atoms with Gasteiger partial charge in [-0.3, -0.25) is 4.79 Å². The first-order chi connectivity index (χ1) is 11.5. The molecule has 2 heterocycles. The van der Waals surface area contributed by atoms with Crippen molar-refractivity contribution in [2.75, 3.05) is 26.4 Å². The summed E-state index contributed by atoms with van der Waals surface area (Å²) in [7, 11) is 0. The molecule has 0 spiro atoms. The Labute approximate surface area is 143 Å². The first-order valence-electron chi connectivity index (χ1n) is 8.76. The molecule has 0 N–H and O–H groups in total. The number of carbonyl (C=O) groups is 1. The first kappa shape index (κ1) is 17.4. The van der Waals surface area contributed by atoms with Crippen molar-refractivity contribution in [1.82, 2.24) is 4.90 Å². The fourth-order valence-electron chi connectivity index (χ4n) is 3.31. The number of nitrogens with zero attached hydrogens (tertiary/aromatic N) is 1. The minimum Gasteiger partial charge on any atom is -0.370 e. The van der Waals surface area contributed by atoms with Crippen molar-refractivity contribution in [2.24, 2.45) is 0 Å². The zero-order valence-electron chi connectivity index (χ0n) is 14.8. The second-order valence-corrected chi connectivity index (χ2v) is 6.81. The van der Waals surface area contributed by atoms with Crippen molar-refractivity contribution >= 4 is 5.91 Å². The van der Waals surface area contributed by atoms with Gasteiger partial charge in [0.2, 0.25) is 5.91 Å². The van der Waals surface area contributed by atoms with Crippen LogP contribution in [0.5, 0.6) is 0 Å². The molecule has 0 unspecified atom stereocenters. The summed E-state index contributed by atoms with van der Waals surface area (Å²) in [6.07, 6.45) is 0.704. The molecule has 2 aliphatic rings. The maximum Gasteiger partial charge on any atom is 0.228 e. The fraction of sp³-hybridized carbons (Fsp3) is 0.632. The van der Waals surface area contributed by atoms with E-state index in [2.05, 4.69) is 32.0 Å². The van der Waals surface area contributed by atoms with Crippen molar-refractivity contribution in [1.29, 1.82) is 0 Å². The van der Waals surface area contributed by atoms with Gasteiger partial charge in [0.15, 0.2) is 6.29 Å². The molecule has 3 rings (SSSR count). The molecule has 132 valence electrons. The average Bonchev–Trinajstić information content (AvgIpc) is 2.58. The van der Waals surface area contributed by atoms with E-state index in [0.717, 1.165) is 6.42 Å². The molecule has 1 aromatic carbocycles. The van der Waals surface area contributed by atoms with Gasteiger partial charge in [-0.25, -0.2) is 0 Å². The zero-order chi connectivity index (χ0) is 17.1. The standard InChI is InChI=1S/C19H27NO4/c1-13-5-6-14(2)16(9-13)17-11-20(15(3)12-24-17)18(21)10-19-22-7-4-8-23-19/h5-6,9,15,17,19H,4,7-8,10-12H2,1-3H3/t15-,17-/m1/s1. The van der Waals surface area contributed by atoms with Crippen LogP contribution in [0.15, 0.2) is 18.2 Å². The molecule has 0 aromatic heterocycles. The number of morpholine rings is 1. The number of rotatable bonds is 3. The number of ether oxygens (including phenoxy) is 3. The number of carbonyl (C=O) groups excluding carboxylic acids is 1. The van der Waals surface area contributed by atoms with Gasteiger partial charge in [-0.1, -0.05) is 23.8 Å². The second kappa shape index (κ2) is 7.64. The molecule has 24 heavy (non-hydrogen) atoms. The predicted octanol–water partition coefficient (Wildman–Crippen LogP) is 2.74. The molecule has 1 amide bonds. The summed E-state index contributed by atoms with van der Waals surface area (Å²) in [5, 5.41) is 0. The molecular formula is C19H27NO4. The highest BCUT2D eigenvalue weighted by atomic mass is 16.7. The molecule has 1 aromatic rings. The maximum atomic E-state index is 12.7. The van der Waals surface area contributed by atoms with E-state index in [1.165, 1.54) is 16.7 Å². The third-order valence-electron chi connectivity index (χ3n) is 4.77. The number of aryl methyl sites for hydroxylation is 2. The van der Waals surface area contributed by atoms with Crippen LogP contribution in [0.4, 0.5) is 0 Å². The molecule has 2 atom stereocenters. The topological polar surface area (TPSA) is 48.0 Å². The molecule has 0 radical (unpaired) electrons. The van der Waals surface area contributed by atoms with E-state index in [9.17, 15) is 4.79 Å². The third-order valence-corrected chi connectivity index (χ3v) is 4.77. The van der Waals surface area contributed by atoms with Crippen LogP contribution in [0, 0.1) is 13.8 Å². The van der Waals surface area contributed by atoms with Crippen LogP contribution in [-0.4, -0.2) is 49.5 Å². The number of amides is 1. The molecule has 0 bridgehead atoms. The van der Waals surface area contributed by atoms with Crippen LogP contribution in [0.3, 0.4) is 0 Å². The van der Waals surface area contributed by atoms with Crippen LogP contribution in [-0.2, 0) is 19.0 Å². The largest absolute Gasteiger partial charge is 0.370 e. The Bertz CT molecular complexity index is 583. The monoisotopic (exact) mass is 333 g/mol. The Morgan fingerprint density at radius 1 is 1.21 bits per heavy atom. The molecular weight excluding hydrogens is 306 g/mol. The lowest BCUT2D eigenvalue weighted by Gasteiger charge is -2.39. The van der Waals surface area contributed by atoms with Gasteiger partial charge < -0.3 is 19.1 Å². The van der Waals surface area contributed by atoms with Crippen molar-refractivity contribution in [2.45, 2.75) is 52.0 Å². The summed E-state index contributed by atoms with van der Waals surface area (Å²) >= 11 is 0. The Morgan fingerprint density at radius 2 is 1.96 bits per heavy atom. The van der Waals surface area contributed by atoms with E-state index in [1.807, 2.05) is 11.8 Å². The first-order valence-corrected chi connectivity index (χ1v) is 8.76. The van der Waals surface area contributed by atoms with Gasteiger partial charge >= 0.3 is 0 Å². The van der Waals surface area contributed by atoms with E-state index in [-0.39, 0.29) is 24.5 Å². The Morgan fingerprint density at radius 3 is 2.71 bits per heavy atom. The highest BCUT2D eigenvalue weighted by molar-refractivity contribution is 5.77. The van der Waals surface area contributed by atoms with Crippen LogP contribution in [0.25, 0.3) is 0 Å². The normalized spacial score (nSPS) is 25.7. The quantitative estimate of drug-likeness (QED) is 0.853. The van der Waals surface area contributed by atoms with Crippen LogP contribution < -0.4 is 0 Å². The highest BCUT2D eigenvalue weighted by Crippen LogP contribution is 2.28. The lowest BCUT2D eigenvalue weighted by atomic mass is 9.98. The molecule has 5 heteroatoms. The van der Waals surface area contributed by atoms with Crippen molar-refractivity contribution in [3.63, 3.8) is 0 Å². The summed E-state index contributed by atoms with van der Waals surface area (Å²) < 4.78 is 17.1. The van der Waals surface area contributed by atoms with Crippen LogP contribution in [0.1, 0.15) is 42.6 Å². The van der Waals surface area contributed by atoms with Gasteiger partial charge in [-0.2, -0.15) is 0 Å². The van der Waals surface area contributed by atoms with Crippen molar-refractivity contribution < 1.29 is 19.0 Å². The lowest BCUT2D eigenvalue weighted by molar-refractivity contribution is -0.190. The maximum absolute atomic E-state index is 12.7. The molecule has 2 aliphatic heterocycles. The van der Waals surface area contributed by atoms with E-state index >= 15 is 0 Å².